The standard InChI is InChI=1S/C12H22N2O2/c1-9-8-14(6-5-10(9)7-13)11(15)16-12(2,3)4/h5,9H,6-8,13H2,1-4H3. The normalized spacial score (nSPS) is 21.7. The lowest BCUT2D eigenvalue weighted by Gasteiger charge is -2.32. The molecule has 1 aliphatic rings. The van der Waals surface area contributed by atoms with Crippen LogP contribution >= 0.6 is 0 Å². The Balaban J connectivity index is 2.59. The molecule has 0 aliphatic carbocycles. The summed E-state index contributed by atoms with van der Waals surface area (Å²) in [6.07, 6.45) is 1.78. The van der Waals surface area contributed by atoms with Crippen molar-refractivity contribution in [2.24, 2.45) is 11.7 Å². The molecule has 16 heavy (non-hydrogen) atoms. The van der Waals surface area contributed by atoms with E-state index in [-0.39, 0.29) is 6.09 Å². The van der Waals surface area contributed by atoms with Gasteiger partial charge in [-0.1, -0.05) is 18.6 Å². The average Bonchev–Trinajstić information content (AvgIpc) is 2.15. The van der Waals surface area contributed by atoms with Crippen molar-refractivity contribution in [3.05, 3.63) is 11.6 Å². The molecule has 0 aromatic carbocycles. The maximum absolute atomic E-state index is 11.8. The summed E-state index contributed by atoms with van der Waals surface area (Å²) >= 11 is 0. The number of nitrogens with two attached hydrogens (primary N) is 1. The van der Waals surface area contributed by atoms with Gasteiger partial charge in [-0.3, -0.25) is 0 Å². The molecule has 1 unspecified atom stereocenters. The monoisotopic (exact) mass is 226 g/mol. The highest BCUT2D eigenvalue weighted by molar-refractivity contribution is 5.68. The Kier molecular flexibility index (Phi) is 3.97. The van der Waals surface area contributed by atoms with Crippen molar-refractivity contribution >= 4 is 6.09 Å². The molecular weight excluding hydrogens is 204 g/mol. The third kappa shape index (κ3) is 3.52. The average molecular weight is 226 g/mol. The minimum atomic E-state index is -0.432. The Labute approximate surface area is 97.4 Å². The predicted molar refractivity (Wildman–Crippen MR) is 64.1 cm³/mol. The summed E-state index contributed by atoms with van der Waals surface area (Å²) in [5.41, 5.74) is 6.40. The Morgan fingerprint density at radius 2 is 2.25 bits per heavy atom. The Morgan fingerprint density at radius 3 is 2.69 bits per heavy atom. The van der Waals surface area contributed by atoms with Gasteiger partial charge in [0.25, 0.3) is 0 Å². The number of carbonyl (C=O) groups excluding carboxylic acids is 1. The number of hydrogen-bond acceptors (Lipinski definition) is 3. The van der Waals surface area contributed by atoms with Crippen LogP contribution in [0.2, 0.25) is 0 Å². The van der Waals surface area contributed by atoms with Crippen LogP contribution in [0.15, 0.2) is 11.6 Å². The smallest absolute Gasteiger partial charge is 0.410 e. The van der Waals surface area contributed by atoms with Crippen molar-refractivity contribution in [1.82, 2.24) is 4.90 Å². The van der Waals surface area contributed by atoms with Gasteiger partial charge in [0.2, 0.25) is 0 Å². The van der Waals surface area contributed by atoms with Gasteiger partial charge < -0.3 is 15.4 Å². The number of nitrogens with zero attached hydrogens (tertiary/aromatic N) is 1. The van der Waals surface area contributed by atoms with Crippen LogP contribution in [-0.4, -0.2) is 36.2 Å². The van der Waals surface area contributed by atoms with Gasteiger partial charge >= 0.3 is 6.09 Å². The summed E-state index contributed by atoms with van der Waals surface area (Å²) in [6, 6.07) is 0. The van der Waals surface area contributed by atoms with Gasteiger partial charge in [-0.05, 0) is 26.7 Å². The van der Waals surface area contributed by atoms with Crippen molar-refractivity contribution < 1.29 is 9.53 Å². The second-order valence-electron chi connectivity index (χ2n) is 5.27. The van der Waals surface area contributed by atoms with E-state index in [9.17, 15) is 4.79 Å². The van der Waals surface area contributed by atoms with E-state index >= 15 is 0 Å². The molecule has 2 N–H and O–H groups in total. The molecule has 4 nitrogen and oxygen atoms in total. The molecule has 0 saturated carbocycles. The summed E-state index contributed by atoms with van der Waals surface area (Å²) in [7, 11) is 0. The number of carbonyl (C=O) groups is 1. The zero-order valence-corrected chi connectivity index (χ0v) is 10.6. The Morgan fingerprint density at radius 1 is 1.62 bits per heavy atom. The van der Waals surface area contributed by atoms with Gasteiger partial charge in [0.15, 0.2) is 0 Å². The highest BCUT2D eigenvalue weighted by atomic mass is 16.6. The maximum Gasteiger partial charge on any atom is 0.410 e. The fraction of sp³-hybridized carbons (Fsp3) is 0.750. The van der Waals surface area contributed by atoms with Crippen LogP contribution in [0.25, 0.3) is 0 Å². The highest BCUT2D eigenvalue weighted by Gasteiger charge is 2.26. The lowest BCUT2D eigenvalue weighted by atomic mass is 9.97. The van der Waals surface area contributed by atoms with Gasteiger partial charge in [-0.25, -0.2) is 4.79 Å². The van der Waals surface area contributed by atoms with Gasteiger partial charge in [0.1, 0.15) is 5.60 Å². The first-order valence-corrected chi connectivity index (χ1v) is 5.70. The van der Waals surface area contributed by atoms with Crippen LogP contribution in [0.3, 0.4) is 0 Å². The SMILES string of the molecule is CC1CN(C(=O)OC(C)(C)C)CC=C1CN. The van der Waals surface area contributed by atoms with Crippen LogP contribution in [0, 0.1) is 5.92 Å². The summed E-state index contributed by atoms with van der Waals surface area (Å²) in [6.45, 7) is 9.57. The summed E-state index contributed by atoms with van der Waals surface area (Å²) < 4.78 is 5.32. The molecule has 0 saturated heterocycles. The van der Waals surface area contributed by atoms with E-state index in [2.05, 4.69) is 6.92 Å². The van der Waals surface area contributed by atoms with E-state index in [1.54, 1.807) is 4.90 Å². The molecule has 0 radical (unpaired) electrons. The van der Waals surface area contributed by atoms with Crippen molar-refractivity contribution in [2.45, 2.75) is 33.3 Å². The second kappa shape index (κ2) is 4.87. The lowest BCUT2D eigenvalue weighted by molar-refractivity contribution is 0.0244. The first-order valence-electron chi connectivity index (χ1n) is 5.70. The Bertz CT molecular complexity index is 292. The molecule has 0 aromatic heterocycles. The van der Waals surface area contributed by atoms with E-state index in [4.69, 9.17) is 10.5 Å². The minimum absolute atomic E-state index is 0.244. The number of amides is 1. The fourth-order valence-electron chi connectivity index (χ4n) is 1.71. The molecule has 1 aliphatic heterocycles. The molecule has 1 atom stereocenters. The minimum Gasteiger partial charge on any atom is -0.444 e. The zero-order chi connectivity index (χ0) is 12.3. The third-order valence-corrected chi connectivity index (χ3v) is 2.59. The van der Waals surface area contributed by atoms with Gasteiger partial charge in [-0.15, -0.1) is 0 Å². The van der Waals surface area contributed by atoms with E-state index < -0.39 is 5.60 Å². The molecular formula is C12H22N2O2. The van der Waals surface area contributed by atoms with Crippen molar-refractivity contribution in [3.8, 4) is 0 Å². The van der Waals surface area contributed by atoms with E-state index in [1.165, 1.54) is 5.57 Å². The van der Waals surface area contributed by atoms with Crippen molar-refractivity contribution in [1.29, 1.82) is 0 Å². The first kappa shape index (κ1) is 13.0. The van der Waals surface area contributed by atoms with E-state index in [1.807, 2.05) is 26.8 Å². The molecule has 0 spiro atoms. The largest absolute Gasteiger partial charge is 0.444 e. The summed E-state index contributed by atoms with van der Waals surface area (Å²) in [5, 5.41) is 0. The highest BCUT2D eigenvalue weighted by Crippen LogP contribution is 2.19. The predicted octanol–water partition coefficient (Wildman–Crippen LogP) is 1.76. The zero-order valence-electron chi connectivity index (χ0n) is 10.6. The van der Waals surface area contributed by atoms with Crippen LogP contribution in [0.1, 0.15) is 27.7 Å². The second-order valence-corrected chi connectivity index (χ2v) is 5.27. The summed E-state index contributed by atoms with van der Waals surface area (Å²) in [4.78, 5) is 13.5. The van der Waals surface area contributed by atoms with E-state index in [0.717, 1.165) is 0 Å². The fourth-order valence-corrected chi connectivity index (χ4v) is 1.71. The molecule has 92 valence electrons. The molecule has 1 rings (SSSR count). The van der Waals surface area contributed by atoms with Gasteiger partial charge in [0.05, 0.1) is 0 Å². The van der Waals surface area contributed by atoms with Gasteiger partial charge in [0, 0.05) is 19.6 Å². The number of hydrogen-bond donors (Lipinski definition) is 1. The Hall–Kier alpha value is -1.03. The summed E-state index contributed by atoms with van der Waals surface area (Å²) in [5.74, 6) is 0.325. The molecule has 1 amide bonds. The third-order valence-electron chi connectivity index (χ3n) is 2.59. The molecule has 0 fully saturated rings. The molecule has 1 heterocycles. The topological polar surface area (TPSA) is 55.6 Å². The van der Waals surface area contributed by atoms with Crippen LogP contribution < -0.4 is 5.73 Å². The van der Waals surface area contributed by atoms with Crippen molar-refractivity contribution in [3.63, 3.8) is 0 Å². The molecule has 0 bridgehead atoms. The molecule has 0 aromatic rings. The maximum atomic E-state index is 11.8. The quantitative estimate of drug-likeness (QED) is 0.693. The van der Waals surface area contributed by atoms with Crippen LogP contribution in [0.5, 0.6) is 0 Å². The lowest BCUT2D eigenvalue weighted by Crippen LogP contribution is -2.42. The van der Waals surface area contributed by atoms with E-state index in [0.29, 0.717) is 25.6 Å². The number of ether oxygens (including phenoxy) is 1. The first-order chi connectivity index (χ1) is 7.33. The van der Waals surface area contributed by atoms with Crippen LogP contribution in [0.4, 0.5) is 4.79 Å². The van der Waals surface area contributed by atoms with Crippen molar-refractivity contribution in [2.75, 3.05) is 19.6 Å². The molecule has 4 heteroatoms. The van der Waals surface area contributed by atoms with Gasteiger partial charge in [-0.2, -0.15) is 0 Å². The van der Waals surface area contributed by atoms with Crippen LogP contribution in [-0.2, 0) is 4.74 Å². The number of rotatable bonds is 1.